The molecule has 1 aromatic carbocycles. The number of hydrogen-bond acceptors (Lipinski definition) is 4. The molecule has 0 unspecified atom stereocenters. The van der Waals surface area contributed by atoms with E-state index in [1.54, 1.807) is 12.1 Å². The van der Waals surface area contributed by atoms with Gasteiger partial charge in [-0.05, 0) is 36.0 Å². The van der Waals surface area contributed by atoms with Crippen molar-refractivity contribution in [2.24, 2.45) is 5.41 Å². The number of ether oxygens (including phenoxy) is 1. The number of aryl methyl sites for hydroxylation is 1. The molecule has 0 saturated heterocycles. The lowest BCUT2D eigenvalue weighted by atomic mass is 9.93. The van der Waals surface area contributed by atoms with E-state index < -0.39 is 9.05 Å². The first-order chi connectivity index (χ1) is 9.58. The van der Waals surface area contributed by atoms with Crippen molar-refractivity contribution in [2.45, 2.75) is 44.9 Å². The number of hydrogen-bond donors (Lipinski definition) is 0. The van der Waals surface area contributed by atoms with Crippen molar-refractivity contribution in [2.75, 3.05) is 6.61 Å². The van der Waals surface area contributed by atoms with Crippen molar-refractivity contribution in [3.05, 3.63) is 29.8 Å². The SMILES string of the molecule is CC(C)(C)CCOC(=O)CCc1ccc(S(=O)(=O)Cl)cc1. The van der Waals surface area contributed by atoms with Gasteiger partial charge < -0.3 is 4.74 Å². The van der Waals surface area contributed by atoms with Crippen molar-refractivity contribution in [1.29, 1.82) is 0 Å². The second-order valence-electron chi connectivity index (χ2n) is 6.11. The Labute approximate surface area is 130 Å². The molecule has 0 aliphatic heterocycles. The van der Waals surface area contributed by atoms with Gasteiger partial charge in [0.15, 0.2) is 0 Å². The summed E-state index contributed by atoms with van der Waals surface area (Å²) in [5, 5.41) is 0. The number of carbonyl (C=O) groups is 1. The molecular weight excluding hydrogens is 312 g/mol. The molecule has 118 valence electrons. The molecule has 0 aliphatic rings. The molecule has 0 atom stereocenters. The van der Waals surface area contributed by atoms with Gasteiger partial charge in [0, 0.05) is 17.1 Å². The molecular formula is C15H21ClO4S. The summed E-state index contributed by atoms with van der Waals surface area (Å²) >= 11 is 0. The second-order valence-corrected chi connectivity index (χ2v) is 8.68. The fraction of sp³-hybridized carbons (Fsp3) is 0.533. The van der Waals surface area contributed by atoms with Crippen LogP contribution >= 0.6 is 10.7 Å². The van der Waals surface area contributed by atoms with Crippen molar-refractivity contribution in [3.8, 4) is 0 Å². The van der Waals surface area contributed by atoms with Crippen LogP contribution in [0.1, 0.15) is 39.2 Å². The Morgan fingerprint density at radius 3 is 2.24 bits per heavy atom. The second kappa shape index (κ2) is 7.27. The Morgan fingerprint density at radius 1 is 1.19 bits per heavy atom. The lowest BCUT2D eigenvalue weighted by Gasteiger charge is -2.17. The van der Waals surface area contributed by atoms with Gasteiger partial charge in [0.1, 0.15) is 0 Å². The van der Waals surface area contributed by atoms with Crippen LogP contribution in [0, 0.1) is 5.41 Å². The Balaban J connectivity index is 2.40. The Hall–Kier alpha value is -1.07. The van der Waals surface area contributed by atoms with E-state index in [4.69, 9.17) is 15.4 Å². The van der Waals surface area contributed by atoms with Crippen LogP contribution in [0.25, 0.3) is 0 Å². The monoisotopic (exact) mass is 332 g/mol. The fourth-order valence-corrected chi connectivity index (χ4v) is 2.38. The molecule has 0 heterocycles. The van der Waals surface area contributed by atoms with Gasteiger partial charge in [-0.25, -0.2) is 8.42 Å². The maximum Gasteiger partial charge on any atom is 0.306 e. The first kappa shape index (κ1) is 18.0. The number of carbonyl (C=O) groups excluding carboxylic acids is 1. The van der Waals surface area contributed by atoms with Crippen molar-refractivity contribution in [1.82, 2.24) is 0 Å². The molecule has 0 amide bonds. The first-order valence-electron chi connectivity index (χ1n) is 6.77. The number of rotatable bonds is 6. The van der Waals surface area contributed by atoms with Gasteiger partial charge in [0.05, 0.1) is 11.5 Å². The minimum atomic E-state index is -3.70. The highest BCUT2D eigenvalue weighted by Gasteiger charge is 2.12. The fourth-order valence-electron chi connectivity index (χ4n) is 1.61. The molecule has 1 aromatic rings. The summed E-state index contributed by atoms with van der Waals surface area (Å²) in [4.78, 5) is 11.6. The van der Waals surface area contributed by atoms with Gasteiger partial charge in [-0.15, -0.1) is 0 Å². The van der Waals surface area contributed by atoms with Crippen LogP contribution in [0.5, 0.6) is 0 Å². The first-order valence-corrected chi connectivity index (χ1v) is 9.08. The molecule has 0 spiro atoms. The van der Waals surface area contributed by atoms with E-state index in [-0.39, 0.29) is 22.7 Å². The normalized spacial score (nSPS) is 12.2. The van der Waals surface area contributed by atoms with E-state index in [1.165, 1.54) is 12.1 Å². The Morgan fingerprint density at radius 2 is 1.76 bits per heavy atom. The summed E-state index contributed by atoms with van der Waals surface area (Å²) in [5.41, 5.74) is 1.01. The van der Waals surface area contributed by atoms with Crippen LogP contribution in [-0.4, -0.2) is 21.0 Å². The molecule has 0 bridgehead atoms. The summed E-state index contributed by atoms with van der Waals surface area (Å²) in [6, 6.07) is 6.17. The molecule has 4 nitrogen and oxygen atoms in total. The third-order valence-corrected chi connectivity index (χ3v) is 4.31. The van der Waals surface area contributed by atoms with Crippen LogP contribution < -0.4 is 0 Å². The standard InChI is InChI=1S/C15H21ClO4S/c1-15(2,3)10-11-20-14(17)9-6-12-4-7-13(8-5-12)21(16,18)19/h4-5,7-8H,6,9-11H2,1-3H3. The zero-order valence-electron chi connectivity index (χ0n) is 12.6. The lowest BCUT2D eigenvalue weighted by molar-refractivity contribution is -0.144. The summed E-state index contributed by atoms with van der Waals surface area (Å²) < 4.78 is 27.4. The number of halogens is 1. The van der Waals surface area contributed by atoms with E-state index in [1.807, 2.05) is 0 Å². The van der Waals surface area contributed by atoms with Gasteiger partial charge in [0.2, 0.25) is 0 Å². The molecule has 0 aliphatic carbocycles. The molecule has 1 rings (SSSR count). The smallest absolute Gasteiger partial charge is 0.306 e. The van der Waals surface area contributed by atoms with Crippen LogP contribution in [0.4, 0.5) is 0 Å². The zero-order chi connectivity index (χ0) is 16.1. The summed E-state index contributed by atoms with van der Waals surface area (Å²) in [6.07, 6.45) is 1.61. The molecule has 21 heavy (non-hydrogen) atoms. The van der Waals surface area contributed by atoms with Crippen LogP contribution in [-0.2, 0) is 25.0 Å². The summed E-state index contributed by atoms with van der Waals surface area (Å²) in [7, 11) is 1.53. The predicted octanol–water partition coefficient (Wildman–Crippen LogP) is 3.53. The van der Waals surface area contributed by atoms with Gasteiger partial charge in [-0.2, -0.15) is 0 Å². The van der Waals surface area contributed by atoms with Crippen LogP contribution in [0.3, 0.4) is 0 Å². The average Bonchev–Trinajstić information content (AvgIpc) is 2.34. The molecule has 6 heteroatoms. The quantitative estimate of drug-likeness (QED) is 0.590. The molecule has 0 saturated carbocycles. The molecule has 0 radical (unpaired) electrons. The molecule has 0 aromatic heterocycles. The summed E-state index contributed by atoms with van der Waals surface area (Å²) in [5.74, 6) is -0.242. The highest BCUT2D eigenvalue weighted by atomic mass is 35.7. The van der Waals surface area contributed by atoms with Crippen molar-refractivity contribution < 1.29 is 17.9 Å². The Kier molecular flexibility index (Phi) is 6.23. The van der Waals surface area contributed by atoms with E-state index >= 15 is 0 Å². The van der Waals surface area contributed by atoms with E-state index in [2.05, 4.69) is 20.8 Å². The Bertz CT molecular complexity index is 571. The minimum Gasteiger partial charge on any atom is -0.466 e. The largest absolute Gasteiger partial charge is 0.466 e. The lowest BCUT2D eigenvalue weighted by Crippen LogP contribution is -2.13. The maximum atomic E-state index is 11.6. The van der Waals surface area contributed by atoms with Crippen LogP contribution in [0.2, 0.25) is 0 Å². The molecule has 0 fully saturated rings. The highest BCUT2D eigenvalue weighted by molar-refractivity contribution is 8.13. The predicted molar refractivity (Wildman–Crippen MR) is 82.8 cm³/mol. The van der Waals surface area contributed by atoms with Crippen LogP contribution in [0.15, 0.2) is 29.2 Å². The van der Waals surface area contributed by atoms with Crippen molar-refractivity contribution >= 4 is 25.7 Å². The van der Waals surface area contributed by atoms with E-state index in [0.29, 0.717) is 13.0 Å². The number of benzene rings is 1. The maximum absolute atomic E-state index is 11.6. The minimum absolute atomic E-state index is 0.0562. The number of esters is 1. The van der Waals surface area contributed by atoms with E-state index in [0.717, 1.165) is 12.0 Å². The van der Waals surface area contributed by atoms with Gasteiger partial charge in [-0.1, -0.05) is 32.9 Å². The van der Waals surface area contributed by atoms with Crippen molar-refractivity contribution in [3.63, 3.8) is 0 Å². The van der Waals surface area contributed by atoms with Gasteiger partial charge >= 0.3 is 5.97 Å². The third-order valence-electron chi connectivity index (χ3n) is 2.94. The van der Waals surface area contributed by atoms with Gasteiger partial charge in [-0.3, -0.25) is 4.79 Å². The summed E-state index contributed by atoms with van der Waals surface area (Å²) in [6.45, 7) is 6.69. The molecule has 0 N–H and O–H groups in total. The van der Waals surface area contributed by atoms with Gasteiger partial charge in [0.25, 0.3) is 9.05 Å². The topological polar surface area (TPSA) is 60.4 Å². The average molecular weight is 333 g/mol. The zero-order valence-corrected chi connectivity index (χ0v) is 14.1. The van der Waals surface area contributed by atoms with E-state index in [9.17, 15) is 13.2 Å². The highest BCUT2D eigenvalue weighted by Crippen LogP contribution is 2.18. The third kappa shape index (κ3) is 7.48.